The molecule has 0 bridgehead atoms. The number of carbonyl (C=O) groups is 1. The lowest BCUT2D eigenvalue weighted by atomic mass is 9.99. The number of rotatable bonds is 7. The van der Waals surface area contributed by atoms with E-state index in [1.165, 1.54) is 16.4 Å². The maximum Gasteiger partial charge on any atom is 0.416 e. The summed E-state index contributed by atoms with van der Waals surface area (Å²) in [6.07, 6.45) is -3.46. The van der Waals surface area contributed by atoms with Gasteiger partial charge in [-0.2, -0.15) is 13.2 Å². The van der Waals surface area contributed by atoms with E-state index < -0.39 is 32.5 Å². The Labute approximate surface area is 179 Å². The molecule has 0 unspecified atom stereocenters. The van der Waals surface area contributed by atoms with Crippen LogP contribution in [0.4, 0.5) is 13.2 Å². The summed E-state index contributed by atoms with van der Waals surface area (Å²) in [5, 5.41) is 9.65. The van der Waals surface area contributed by atoms with E-state index >= 15 is 0 Å². The third kappa shape index (κ3) is 5.21. The van der Waals surface area contributed by atoms with Gasteiger partial charge in [0.2, 0.25) is 10.0 Å². The van der Waals surface area contributed by atoms with Crippen LogP contribution >= 0.6 is 0 Å². The molecule has 0 saturated carbocycles. The number of sulfonamides is 1. The quantitative estimate of drug-likeness (QED) is 0.666. The van der Waals surface area contributed by atoms with Gasteiger partial charge in [-0.1, -0.05) is 12.1 Å². The Bertz CT molecular complexity index is 858. The van der Waals surface area contributed by atoms with E-state index in [9.17, 15) is 31.5 Å². The molecule has 2 aliphatic rings. The lowest BCUT2D eigenvalue weighted by Crippen LogP contribution is -2.57. The van der Waals surface area contributed by atoms with Gasteiger partial charge in [-0.15, -0.1) is 0 Å². The molecular formula is C20H26F3NO6S. The highest BCUT2D eigenvalue weighted by Gasteiger charge is 2.54. The van der Waals surface area contributed by atoms with E-state index in [-0.39, 0.29) is 51.7 Å². The average Bonchev–Trinajstić information content (AvgIpc) is 2.74. The molecule has 0 amide bonds. The van der Waals surface area contributed by atoms with E-state index in [1.807, 2.05) is 0 Å². The molecule has 1 N–H and O–H groups in total. The molecule has 11 heteroatoms. The van der Waals surface area contributed by atoms with Crippen molar-refractivity contribution in [3.63, 3.8) is 0 Å². The zero-order valence-corrected chi connectivity index (χ0v) is 17.8. The number of piperidine rings is 1. The lowest BCUT2D eigenvalue weighted by molar-refractivity contribution is -0.143. The Morgan fingerprint density at radius 3 is 2.26 bits per heavy atom. The third-order valence-corrected chi connectivity index (χ3v) is 8.62. The fraction of sp³-hybridized carbons (Fsp3) is 0.650. The van der Waals surface area contributed by atoms with Crippen LogP contribution in [0.1, 0.15) is 36.8 Å². The van der Waals surface area contributed by atoms with E-state index in [1.54, 1.807) is 0 Å². The number of benzene rings is 1. The number of halogens is 3. The summed E-state index contributed by atoms with van der Waals surface area (Å²) >= 11 is 0. The first-order valence-corrected chi connectivity index (χ1v) is 11.5. The molecule has 3 rings (SSSR count). The Morgan fingerprint density at radius 2 is 1.74 bits per heavy atom. The van der Waals surface area contributed by atoms with Gasteiger partial charge in [0.05, 0.1) is 12.2 Å². The maximum absolute atomic E-state index is 13.1. The monoisotopic (exact) mass is 465 g/mol. The number of hydrogen-bond acceptors (Lipinski definition) is 5. The minimum atomic E-state index is -4.38. The molecule has 0 aliphatic carbocycles. The zero-order chi connectivity index (χ0) is 22.7. The van der Waals surface area contributed by atoms with Gasteiger partial charge in [0.25, 0.3) is 0 Å². The summed E-state index contributed by atoms with van der Waals surface area (Å²) in [7, 11) is -4.03. The largest absolute Gasteiger partial charge is 0.480 e. The highest BCUT2D eigenvalue weighted by molar-refractivity contribution is 7.91. The van der Waals surface area contributed by atoms with Gasteiger partial charge in [0.1, 0.15) is 0 Å². The molecule has 0 radical (unpaired) electrons. The molecule has 31 heavy (non-hydrogen) atoms. The second kappa shape index (κ2) is 9.43. The predicted octanol–water partition coefficient (Wildman–Crippen LogP) is 2.90. The van der Waals surface area contributed by atoms with Crippen molar-refractivity contribution in [2.45, 2.75) is 43.2 Å². The standard InChI is InChI=1S/C20H26F3NO6S/c21-20(22,23)17-3-1-15(2-4-17)13-30-14-16-5-9-24(10-6-16)31(27,28)19(18(25)26)7-11-29-12-8-19/h1-4,16H,5-14H2,(H,25,26). The molecule has 2 aliphatic heterocycles. The highest BCUT2D eigenvalue weighted by atomic mass is 32.2. The van der Waals surface area contributed by atoms with Crippen LogP contribution in [0.25, 0.3) is 0 Å². The van der Waals surface area contributed by atoms with Crippen LogP contribution in [0.5, 0.6) is 0 Å². The minimum absolute atomic E-state index is 0.0686. The highest BCUT2D eigenvalue weighted by Crippen LogP contribution is 2.35. The van der Waals surface area contributed by atoms with Gasteiger partial charge in [0.15, 0.2) is 4.75 Å². The summed E-state index contributed by atoms with van der Waals surface area (Å²) < 4.78 is 74.2. The smallest absolute Gasteiger partial charge is 0.416 e. The summed E-state index contributed by atoms with van der Waals surface area (Å²) in [4.78, 5) is 11.8. The molecule has 174 valence electrons. The van der Waals surface area contributed by atoms with Crippen molar-refractivity contribution in [2.75, 3.05) is 32.9 Å². The maximum atomic E-state index is 13.1. The average molecular weight is 465 g/mol. The van der Waals surface area contributed by atoms with Gasteiger partial charge >= 0.3 is 12.1 Å². The second-order valence-corrected chi connectivity index (χ2v) is 10.2. The van der Waals surface area contributed by atoms with Gasteiger partial charge in [-0.3, -0.25) is 4.79 Å². The van der Waals surface area contributed by atoms with Crippen molar-refractivity contribution in [3.05, 3.63) is 35.4 Å². The van der Waals surface area contributed by atoms with Crippen molar-refractivity contribution in [1.82, 2.24) is 4.31 Å². The van der Waals surface area contributed by atoms with Gasteiger partial charge < -0.3 is 14.6 Å². The first-order chi connectivity index (χ1) is 14.6. The molecule has 2 fully saturated rings. The van der Waals surface area contributed by atoms with E-state index in [2.05, 4.69) is 0 Å². The Kier molecular flexibility index (Phi) is 7.29. The van der Waals surface area contributed by atoms with Crippen LogP contribution < -0.4 is 0 Å². The fourth-order valence-electron chi connectivity index (χ4n) is 3.98. The van der Waals surface area contributed by atoms with Crippen LogP contribution in [0.3, 0.4) is 0 Å². The molecule has 1 aromatic rings. The number of aliphatic carboxylic acids is 1. The molecule has 7 nitrogen and oxygen atoms in total. The van der Waals surface area contributed by atoms with Crippen molar-refractivity contribution < 1.29 is 41.0 Å². The fourth-order valence-corrected chi connectivity index (χ4v) is 6.07. The van der Waals surface area contributed by atoms with Crippen molar-refractivity contribution in [3.8, 4) is 0 Å². The summed E-state index contributed by atoms with van der Waals surface area (Å²) in [5.74, 6) is -1.24. The van der Waals surface area contributed by atoms with Gasteiger partial charge in [0, 0.05) is 45.8 Å². The van der Waals surface area contributed by atoms with Gasteiger partial charge in [-0.25, -0.2) is 12.7 Å². The molecule has 0 atom stereocenters. The first kappa shape index (κ1) is 24.0. The van der Waals surface area contributed by atoms with E-state index in [0.717, 1.165) is 12.1 Å². The van der Waals surface area contributed by atoms with Gasteiger partial charge in [-0.05, 0) is 36.5 Å². The Morgan fingerprint density at radius 1 is 1.16 bits per heavy atom. The van der Waals surface area contributed by atoms with Crippen molar-refractivity contribution in [2.24, 2.45) is 5.92 Å². The second-order valence-electron chi connectivity index (χ2n) is 7.97. The van der Waals surface area contributed by atoms with Crippen molar-refractivity contribution >= 4 is 16.0 Å². The predicted molar refractivity (Wildman–Crippen MR) is 105 cm³/mol. The first-order valence-electron chi connectivity index (χ1n) is 10.1. The summed E-state index contributed by atoms with van der Waals surface area (Å²) in [6.45, 7) is 1.14. The Balaban J connectivity index is 1.50. The zero-order valence-electron chi connectivity index (χ0n) is 16.9. The number of alkyl halides is 3. The van der Waals surface area contributed by atoms with E-state index in [0.29, 0.717) is 25.0 Å². The molecule has 2 heterocycles. The number of carboxylic acids is 1. The Hall–Kier alpha value is -1.69. The lowest BCUT2D eigenvalue weighted by Gasteiger charge is -2.39. The SMILES string of the molecule is O=C(O)C1(S(=O)(=O)N2CCC(COCc3ccc(C(F)(F)F)cc3)CC2)CCOCC1. The van der Waals surface area contributed by atoms with Crippen LogP contribution in [0, 0.1) is 5.92 Å². The van der Waals surface area contributed by atoms with Crippen LogP contribution in [0.15, 0.2) is 24.3 Å². The van der Waals surface area contributed by atoms with Crippen LogP contribution in [-0.4, -0.2) is 61.5 Å². The minimum Gasteiger partial charge on any atom is -0.480 e. The molecule has 0 spiro atoms. The number of carboxylic acid groups (broad SMARTS) is 1. The normalized spacial score (nSPS) is 21.1. The molecular weight excluding hydrogens is 439 g/mol. The number of nitrogens with zero attached hydrogens (tertiary/aromatic N) is 1. The topological polar surface area (TPSA) is 93.1 Å². The summed E-state index contributed by atoms with van der Waals surface area (Å²) in [6, 6.07) is 4.77. The van der Waals surface area contributed by atoms with E-state index in [4.69, 9.17) is 9.47 Å². The molecule has 2 saturated heterocycles. The molecule has 0 aromatic heterocycles. The van der Waals surface area contributed by atoms with Crippen LogP contribution in [0.2, 0.25) is 0 Å². The molecule has 1 aromatic carbocycles. The number of ether oxygens (including phenoxy) is 2. The third-order valence-electron chi connectivity index (χ3n) is 6.00. The van der Waals surface area contributed by atoms with Crippen molar-refractivity contribution in [1.29, 1.82) is 0 Å². The van der Waals surface area contributed by atoms with Crippen LogP contribution in [-0.2, 0) is 37.1 Å². The summed E-state index contributed by atoms with van der Waals surface area (Å²) in [5.41, 5.74) is -0.0931. The number of hydrogen-bond donors (Lipinski definition) is 1.